The van der Waals surface area contributed by atoms with E-state index in [1.807, 2.05) is 13.8 Å². The van der Waals surface area contributed by atoms with Gasteiger partial charge >= 0.3 is 0 Å². The molecule has 1 saturated heterocycles. The number of sulfonamides is 1. The molecule has 0 N–H and O–H groups in total. The molecule has 0 bridgehead atoms. The second kappa shape index (κ2) is 8.06. The van der Waals surface area contributed by atoms with Crippen LogP contribution in [0.3, 0.4) is 0 Å². The highest BCUT2D eigenvalue weighted by Crippen LogP contribution is 2.21. The number of rotatable bonds is 5. The number of piperazine rings is 1. The maximum absolute atomic E-state index is 12.8. The lowest BCUT2D eigenvalue weighted by atomic mass is 10.2. The van der Waals surface area contributed by atoms with Gasteiger partial charge in [0.15, 0.2) is 0 Å². The topological polar surface area (TPSA) is 79.8 Å². The van der Waals surface area contributed by atoms with Gasteiger partial charge in [-0.15, -0.1) is 0 Å². The fourth-order valence-electron chi connectivity index (χ4n) is 2.93. The summed E-state index contributed by atoms with van der Waals surface area (Å²) in [5, 5.41) is 0. The molecular weight excluding hydrogens is 366 g/mol. The molecular formula is C19H23N3O4S. The van der Waals surface area contributed by atoms with Gasteiger partial charge in [-0.25, -0.2) is 8.42 Å². The van der Waals surface area contributed by atoms with Crippen LogP contribution in [-0.2, 0) is 10.0 Å². The Morgan fingerprint density at radius 1 is 1.07 bits per heavy atom. The molecule has 1 fully saturated rings. The van der Waals surface area contributed by atoms with Gasteiger partial charge in [0.05, 0.1) is 17.1 Å². The van der Waals surface area contributed by atoms with Crippen molar-refractivity contribution in [3.8, 4) is 5.75 Å². The average molecular weight is 389 g/mol. The number of aromatic nitrogens is 1. The van der Waals surface area contributed by atoms with Gasteiger partial charge in [0, 0.05) is 38.1 Å². The Morgan fingerprint density at radius 2 is 1.74 bits per heavy atom. The lowest BCUT2D eigenvalue weighted by molar-refractivity contribution is 0.0697. The highest BCUT2D eigenvalue weighted by Gasteiger charge is 2.30. The Labute approximate surface area is 159 Å². The van der Waals surface area contributed by atoms with E-state index in [1.54, 1.807) is 47.5 Å². The largest absolute Gasteiger partial charge is 0.494 e. The zero-order chi connectivity index (χ0) is 19.4. The lowest BCUT2D eigenvalue weighted by Crippen LogP contribution is -2.50. The molecule has 1 aromatic carbocycles. The van der Waals surface area contributed by atoms with Crippen molar-refractivity contribution in [2.24, 2.45) is 0 Å². The predicted molar refractivity (Wildman–Crippen MR) is 101 cm³/mol. The number of aryl methyl sites for hydroxylation is 1. The molecule has 1 aliphatic rings. The van der Waals surface area contributed by atoms with Crippen LogP contribution >= 0.6 is 0 Å². The minimum atomic E-state index is -3.59. The minimum absolute atomic E-state index is 0.124. The van der Waals surface area contributed by atoms with Crippen LogP contribution in [0, 0.1) is 6.92 Å². The number of nitrogens with zero attached hydrogens (tertiary/aromatic N) is 3. The van der Waals surface area contributed by atoms with Crippen molar-refractivity contribution in [1.29, 1.82) is 0 Å². The van der Waals surface area contributed by atoms with Crippen molar-refractivity contribution >= 4 is 15.9 Å². The van der Waals surface area contributed by atoms with Crippen LogP contribution in [0.5, 0.6) is 5.75 Å². The van der Waals surface area contributed by atoms with E-state index in [2.05, 4.69) is 4.98 Å². The molecule has 0 aliphatic carbocycles. The zero-order valence-corrected chi connectivity index (χ0v) is 16.3. The first-order chi connectivity index (χ1) is 12.9. The van der Waals surface area contributed by atoms with Crippen molar-refractivity contribution in [2.75, 3.05) is 32.8 Å². The minimum Gasteiger partial charge on any atom is -0.494 e. The number of pyridine rings is 1. The third kappa shape index (κ3) is 4.28. The van der Waals surface area contributed by atoms with Gasteiger partial charge in [0.2, 0.25) is 10.0 Å². The van der Waals surface area contributed by atoms with E-state index >= 15 is 0 Å². The molecule has 1 amide bonds. The van der Waals surface area contributed by atoms with Gasteiger partial charge in [0.25, 0.3) is 5.91 Å². The third-order valence-corrected chi connectivity index (χ3v) is 6.37. The summed E-state index contributed by atoms with van der Waals surface area (Å²) in [6.07, 6.45) is 1.56. The van der Waals surface area contributed by atoms with Crippen molar-refractivity contribution in [3.05, 3.63) is 53.9 Å². The van der Waals surface area contributed by atoms with E-state index in [1.165, 1.54) is 4.31 Å². The third-order valence-electron chi connectivity index (χ3n) is 4.46. The summed E-state index contributed by atoms with van der Waals surface area (Å²) in [6.45, 7) is 5.49. The van der Waals surface area contributed by atoms with Crippen molar-refractivity contribution in [1.82, 2.24) is 14.2 Å². The quantitative estimate of drug-likeness (QED) is 0.781. The fraction of sp³-hybridized carbons (Fsp3) is 0.368. The van der Waals surface area contributed by atoms with Crippen LogP contribution in [0.1, 0.15) is 23.0 Å². The molecule has 0 saturated carbocycles. The Hall–Kier alpha value is -2.45. The van der Waals surface area contributed by atoms with Gasteiger partial charge < -0.3 is 9.64 Å². The molecule has 8 heteroatoms. The van der Waals surface area contributed by atoms with E-state index in [9.17, 15) is 13.2 Å². The van der Waals surface area contributed by atoms with Crippen molar-refractivity contribution < 1.29 is 17.9 Å². The molecule has 0 unspecified atom stereocenters. The van der Waals surface area contributed by atoms with Crippen LogP contribution in [0.15, 0.2) is 47.5 Å². The summed E-state index contributed by atoms with van der Waals surface area (Å²) in [6, 6.07) is 9.94. The molecule has 27 heavy (non-hydrogen) atoms. The first-order valence-electron chi connectivity index (χ1n) is 8.87. The highest BCUT2D eigenvalue weighted by molar-refractivity contribution is 7.89. The summed E-state index contributed by atoms with van der Waals surface area (Å²) in [5.74, 6) is 0.513. The number of hydrogen-bond acceptors (Lipinski definition) is 5. The zero-order valence-electron chi connectivity index (χ0n) is 15.5. The molecule has 7 nitrogen and oxygen atoms in total. The molecule has 144 valence electrons. The molecule has 0 atom stereocenters. The number of hydrogen-bond donors (Lipinski definition) is 0. The van der Waals surface area contributed by atoms with Gasteiger partial charge in [-0.3, -0.25) is 9.78 Å². The summed E-state index contributed by atoms with van der Waals surface area (Å²) in [4.78, 5) is 18.6. The Bertz CT molecular complexity index is 888. The van der Waals surface area contributed by atoms with Crippen molar-refractivity contribution in [3.63, 3.8) is 0 Å². The van der Waals surface area contributed by atoms with E-state index < -0.39 is 10.0 Å². The standard InChI is InChI=1S/C19H23N3O4S/c1-3-26-17-6-8-18(9-7-17)27(24,25)22-12-10-21(11-13-22)19(23)16-5-4-15(2)20-14-16/h4-9,14H,3,10-13H2,1-2H3. The molecule has 0 radical (unpaired) electrons. The molecule has 2 heterocycles. The van der Waals surface area contributed by atoms with Crippen LogP contribution in [0.25, 0.3) is 0 Å². The van der Waals surface area contributed by atoms with Crippen LogP contribution in [-0.4, -0.2) is 61.3 Å². The van der Waals surface area contributed by atoms with Gasteiger partial charge in [0.1, 0.15) is 5.75 Å². The number of carbonyl (C=O) groups is 1. The van der Waals surface area contributed by atoms with E-state index in [-0.39, 0.29) is 23.9 Å². The summed E-state index contributed by atoms with van der Waals surface area (Å²) in [5.41, 5.74) is 1.36. The van der Waals surface area contributed by atoms with Crippen LogP contribution < -0.4 is 4.74 Å². The monoisotopic (exact) mass is 389 g/mol. The van der Waals surface area contributed by atoms with Gasteiger partial charge in [-0.05, 0) is 50.2 Å². The van der Waals surface area contributed by atoms with Crippen LogP contribution in [0.2, 0.25) is 0 Å². The summed E-state index contributed by atoms with van der Waals surface area (Å²) >= 11 is 0. The Balaban J connectivity index is 1.65. The SMILES string of the molecule is CCOc1ccc(S(=O)(=O)N2CCN(C(=O)c3ccc(C)nc3)CC2)cc1. The lowest BCUT2D eigenvalue weighted by Gasteiger charge is -2.34. The molecule has 2 aromatic rings. The summed E-state index contributed by atoms with van der Waals surface area (Å²) in [7, 11) is -3.59. The molecule has 1 aliphatic heterocycles. The number of amides is 1. The maximum atomic E-state index is 12.8. The second-order valence-corrected chi connectivity index (χ2v) is 8.23. The number of ether oxygens (including phenoxy) is 1. The highest BCUT2D eigenvalue weighted by atomic mass is 32.2. The smallest absolute Gasteiger partial charge is 0.255 e. The van der Waals surface area contributed by atoms with Crippen LogP contribution in [0.4, 0.5) is 0 Å². The first-order valence-corrected chi connectivity index (χ1v) is 10.3. The van der Waals surface area contributed by atoms with E-state index in [4.69, 9.17) is 4.74 Å². The Kier molecular flexibility index (Phi) is 5.76. The normalized spacial score (nSPS) is 15.6. The second-order valence-electron chi connectivity index (χ2n) is 6.29. The van der Waals surface area contributed by atoms with E-state index in [0.29, 0.717) is 31.0 Å². The number of carbonyl (C=O) groups excluding carboxylic acids is 1. The molecule has 3 rings (SSSR count). The Morgan fingerprint density at radius 3 is 2.30 bits per heavy atom. The average Bonchev–Trinajstić information content (AvgIpc) is 2.69. The van der Waals surface area contributed by atoms with E-state index in [0.717, 1.165) is 5.69 Å². The summed E-state index contributed by atoms with van der Waals surface area (Å²) < 4.78 is 32.4. The maximum Gasteiger partial charge on any atom is 0.255 e. The first kappa shape index (κ1) is 19.3. The van der Waals surface area contributed by atoms with Crippen molar-refractivity contribution in [2.45, 2.75) is 18.7 Å². The predicted octanol–water partition coefficient (Wildman–Crippen LogP) is 1.94. The molecule has 1 aromatic heterocycles. The fourth-order valence-corrected chi connectivity index (χ4v) is 4.35. The van der Waals surface area contributed by atoms with Gasteiger partial charge in [-0.1, -0.05) is 0 Å². The van der Waals surface area contributed by atoms with Gasteiger partial charge in [-0.2, -0.15) is 4.31 Å². The number of benzene rings is 1. The molecule has 0 spiro atoms.